The second kappa shape index (κ2) is 6.75. The van der Waals surface area contributed by atoms with Gasteiger partial charge in [0.25, 0.3) is 0 Å². The van der Waals surface area contributed by atoms with Gasteiger partial charge in [-0.3, -0.25) is 10.1 Å². The van der Waals surface area contributed by atoms with Gasteiger partial charge in [-0.1, -0.05) is 12.7 Å². The van der Waals surface area contributed by atoms with Gasteiger partial charge < -0.3 is 9.47 Å². The number of anilines is 1. The molecule has 1 N–H and O–H groups in total. The Hall–Kier alpha value is -1.89. The van der Waals surface area contributed by atoms with E-state index in [2.05, 4.69) is 21.6 Å². The molecule has 0 aliphatic carbocycles. The van der Waals surface area contributed by atoms with Gasteiger partial charge in [0, 0.05) is 4.88 Å². The second-order valence-electron chi connectivity index (χ2n) is 3.29. The SMILES string of the molecule is C=CCOC(=O)Nc1nc(C)c(CC(=O)OC)s1. The zero-order chi connectivity index (χ0) is 13.5. The summed E-state index contributed by atoms with van der Waals surface area (Å²) in [4.78, 5) is 27.3. The summed E-state index contributed by atoms with van der Waals surface area (Å²) in [6.07, 6.45) is 1.01. The van der Waals surface area contributed by atoms with Crippen molar-refractivity contribution in [1.82, 2.24) is 4.98 Å². The summed E-state index contributed by atoms with van der Waals surface area (Å²) in [6, 6.07) is 0. The van der Waals surface area contributed by atoms with Crippen molar-refractivity contribution in [1.29, 1.82) is 0 Å². The third-order valence-electron chi connectivity index (χ3n) is 1.97. The maximum atomic E-state index is 11.3. The van der Waals surface area contributed by atoms with Crippen LogP contribution in [0.4, 0.5) is 9.93 Å². The van der Waals surface area contributed by atoms with Crippen LogP contribution in [0.3, 0.4) is 0 Å². The Kier molecular flexibility index (Phi) is 5.31. The fraction of sp³-hybridized carbons (Fsp3) is 0.364. The second-order valence-corrected chi connectivity index (χ2v) is 4.38. The van der Waals surface area contributed by atoms with Crippen LogP contribution in [-0.2, 0) is 20.7 Å². The Morgan fingerprint density at radius 2 is 2.28 bits per heavy atom. The normalized spacial score (nSPS) is 9.67. The fourth-order valence-corrected chi connectivity index (χ4v) is 2.04. The van der Waals surface area contributed by atoms with E-state index in [9.17, 15) is 9.59 Å². The van der Waals surface area contributed by atoms with Crippen molar-refractivity contribution in [3.05, 3.63) is 23.2 Å². The number of aromatic nitrogens is 1. The van der Waals surface area contributed by atoms with Crippen molar-refractivity contribution in [2.24, 2.45) is 0 Å². The van der Waals surface area contributed by atoms with Gasteiger partial charge in [-0.05, 0) is 6.92 Å². The van der Waals surface area contributed by atoms with E-state index >= 15 is 0 Å². The number of hydrogen-bond donors (Lipinski definition) is 1. The summed E-state index contributed by atoms with van der Waals surface area (Å²) in [5.74, 6) is -0.345. The Balaban J connectivity index is 2.63. The molecule has 0 unspecified atom stereocenters. The van der Waals surface area contributed by atoms with E-state index < -0.39 is 6.09 Å². The molecule has 7 heteroatoms. The molecule has 98 valence electrons. The van der Waals surface area contributed by atoms with Crippen LogP contribution in [0.5, 0.6) is 0 Å². The third-order valence-corrected chi connectivity index (χ3v) is 3.04. The van der Waals surface area contributed by atoms with E-state index in [0.717, 1.165) is 4.88 Å². The highest BCUT2D eigenvalue weighted by molar-refractivity contribution is 7.16. The molecule has 0 spiro atoms. The Labute approximate surface area is 109 Å². The van der Waals surface area contributed by atoms with Gasteiger partial charge in [0.15, 0.2) is 5.13 Å². The molecular weight excluding hydrogens is 256 g/mol. The lowest BCUT2D eigenvalue weighted by molar-refractivity contribution is -0.139. The molecule has 1 heterocycles. The van der Waals surface area contributed by atoms with E-state index in [4.69, 9.17) is 4.74 Å². The molecule has 0 saturated carbocycles. The topological polar surface area (TPSA) is 77.5 Å². The van der Waals surface area contributed by atoms with Gasteiger partial charge in [0.2, 0.25) is 0 Å². The number of carbonyl (C=O) groups excluding carboxylic acids is 2. The van der Waals surface area contributed by atoms with Crippen molar-refractivity contribution >= 4 is 28.5 Å². The minimum atomic E-state index is -0.603. The van der Waals surface area contributed by atoms with Gasteiger partial charge in [-0.25, -0.2) is 9.78 Å². The zero-order valence-electron chi connectivity index (χ0n) is 10.2. The van der Waals surface area contributed by atoms with Crippen LogP contribution in [-0.4, -0.2) is 30.8 Å². The van der Waals surface area contributed by atoms with Crippen LogP contribution in [0, 0.1) is 6.92 Å². The Morgan fingerprint density at radius 3 is 2.89 bits per heavy atom. The van der Waals surface area contributed by atoms with E-state index in [0.29, 0.717) is 10.8 Å². The number of esters is 1. The minimum absolute atomic E-state index is 0.130. The van der Waals surface area contributed by atoms with E-state index in [-0.39, 0.29) is 19.0 Å². The molecule has 0 aliphatic heterocycles. The summed E-state index contributed by atoms with van der Waals surface area (Å²) in [7, 11) is 1.32. The lowest BCUT2D eigenvalue weighted by Crippen LogP contribution is -2.13. The first-order valence-electron chi connectivity index (χ1n) is 5.14. The lowest BCUT2D eigenvalue weighted by atomic mass is 10.3. The quantitative estimate of drug-likeness (QED) is 0.653. The summed E-state index contributed by atoms with van der Waals surface area (Å²) < 4.78 is 9.32. The molecule has 0 radical (unpaired) electrons. The predicted molar refractivity (Wildman–Crippen MR) is 67.7 cm³/mol. The van der Waals surface area contributed by atoms with E-state index in [1.807, 2.05) is 0 Å². The van der Waals surface area contributed by atoms with Crippen molar-refractivity contribution in [3.63, 3.8) is 0 Å². The highest BCUT2D eigenvalue weighted by Crippen LogP contribution is 2.23. The van der Waals surface area contributed by atoms with Gasteiger partial charge >= 0.3 is 12.1 Å². The first kappa shape index (κ1) is 14.2. The highest BCUT2D eigenvalue weighted by Gasteiger charge is 2.13. The molecule has 6 nitrogen and oxygen atoms in total. The molecule has 0 bridgehead atoms. The van der Waals surface area contributed by atoms with Gasteiger partial charge in [-0.15, -0.1) is 11.3 Å². The van der Waals surface area contributed by atoms with E-state index in [1.54, 1.807) is 6.92 Å². The zero-order valence-corrected chi connectivity index (χ0v) is 11.0. The number of thiazole rings is 1. The van der Waals surface area contributed by atoms with Crippen LogP contribution >= 0.6 is 11.3 Å². The molecule has 18 heavy (non-hydrogen) atoms. The number of methoxy groups -OCH3 is 1. The maximum Gasteiger partial charge on any atom is 0.413 e. The molecule has 0 aromatic carbocycles. The van der Waals surface area contributed by atoms with Crippen LogP contribution in [0.15, 0.2) is 12.7 Å². The summed E-state index contributed by atoms with van der Waals surface area (Å²) in [5, 5.41) is 2.86. The van der Waals surface area contributed by atoms with Gasteiger partial charge in [0.05, 0.1) is 19.2 Å². The standard InChI is InChI=1S/C11H14N2O4S/c1-4-5-17-11(15)13-10-12-7(2)8(18-10)6-9(14)16-3/h4H,1,5-6H2,2-3H3,(H,12,13,15). The molecule has 1 rings (SSSR count). The third kappa shape index (κ3) is 4.17. The highest BCUT2D eigenvalue weighted by atomic mass is 32.1. The molecule has 0 fully saturated rings. The van der Waals surface area contributed by atoms with Crippen LogP contribution in [0.25, 0.3) is 0 Å². The number of ether oxygens (including phenoxy) is 2. The van der Waals surface area contributed by atoms with Crippen molar-refractivity contribution in [2.45, 2.75) is 13.3 Å². The fourth-order valence-electron chi connectivity index (χ4n) is 1.11. The number of nitrogens with one attached hydrogen (secondary N) is 1. The van der Waals surface area contributed by atoms with Gasteiger partial charge in [-0.2, -0.15) is 0 Å². The van der Waals surface area contributed by atoms with Crippen molar-refractivity contribution in [2.75, 3.05) is 19.0 Å². The minimum Gasteiger partial charge on any atom is -0.469 e. The molecule has 1 amide bonds. The van der Waals surface area contributed by atoms with Crippen LogP contribution < -0.4 is 5.32 Å². The predicted octanol–water partition coefficient (Wildman–Crippen LogP) is 1.90. The smallest absolute Gasteiger partial charge is 0.413 e. The summed E-state index contributed by atoms with van der Waals surface area (Å²) in [5.41, 5.74) is 0.685. The van der Waals surface area contributed by atoms with Crippen molar-refractivity contribution < 1.29 is 19.1 Å². The van der Waals surface area contributed by atoms with E-state index in [1.165, 1.54) is 24.5 Å². The average Bonchev–Trinajstić information content (AvgIpc) is 2.66. The van der Waals surface area contributed by atoms with Crippen molar-refractivity contribution in [3.8, 4) is 0 Å². The van der Waals surface area contributed by atoms with Gasteiger partial charge in [0.1, 0.15) is 6.61 Å². The molecule has 1 aromatic rings. The number of amides is 1. The largest absolute Gasteiger partial charge is 0.469 e. The number of carbonyl (C=O) groups is 2. The first-order chi connectivity index (χ1) is 8.56. The molecule has 0 atom stereocenters. The monoisotopic (exact) mass is 270 g/mol. The Morgan fingerprint density at radius 1 is 1.56 bits per heavy atom. The first-order valence-corrected chi connectivity index (χ1v) is 5.96. The van der Waals surface area contributed by atoms with Crippen LogP contribution in [0.2, 0.25) is 0 Å². The number of hydrogen-bond acceptors (Lipinski definition) is 6. The number of rotatable bonds is 5. The molecular formula is C11H14N2O4S. The molecule has 1 aromatic heterocycles. The maximum absolute atomic E-state index is 11.3. The molecule has 0 aliphatic rings. The number of aryl methyl sites for hydroxylation is 1. The summed E-state index contributed by atoms with van der Waals surface area (Å²) in [6.45, 7) is 5.32. The number of nitrogens with zero attached hydrogens (tertiary/aromatic N) is 1. The lowest BCUT2D eigenvalue weighted by Gasteiger charge is -2.00. The van der Waals surface area contributed by atoms with Crippen LogP contribution in [0.1, 0.15) is 10.6 Å². The molecule has 0 saturated heterocycles. The summed E-state index contributed by atoms with van der Waals surface area (Å²) >= 11 is 1.22. The average molecular weight is 270 g/mol. The Bertz CT molecular complexity index is 456.